The molecule has 0 aliphatic carbocycles. The lowest BCUT2D eigenvalue weighted by molar-refractivity contribution is -0.132. The summed E-state index contributed by atoms with van der Waals surface area (Å²) in [5.74, 6) is 0.0338. The molecule has 1 heterocycles. The van der Waals surface area contributed by atoms with E-state index in [-0.39, 0.29) is 30.2 Å². The number of amides is 1. The second kappa shape index (κ2) is 9.00. The van der Waals surface area contributed by atoms with Crippen LogP contribution in [0.3, 0.4) is 0 Å². The van der Waals surface area contributed by atoms with Gasteiger partial charge < -0.3 is 10.2 Å². The van der Waals surface area contributed by atoms with Crippen LogP contribution < -0.4 is 5.32 Å². The Labute approximate surface area is 132 Å². The monoisotopic (exact) mass is 314 g/mol. The van der Waals surface area contributed by atoms with E-state index < -0.39 is 0 Å². The van der Waals surface area contributed by atoms with E-state index in [0.29, 0.717) is 6.42 Å². The second-order valence-electron chi connectivity index (χ2n) is 5.42. The molecule has 1 aliphatic rings. The zero-order chi connectivity index (χ0) is 14.4. The van der Waals surface area contributed by atoms with Crippen LogP contribution in [0.1, 0.15) is 31.2 Å². The standard InChI is InChI=1S/C16H23FN2O.ClH/c1-18-9-3-8-16(20)19-10-4-7-15(19)12-13-5-2-6-14(17)11-13;/h2,5-6,11,15,18H,3-4,7-10,12H2,1H3;1H. The summed E-state index contributed by atoms with van der Waals surface area (Å²) in [7, 11) is 1.90. The molecule has 0 bridgehead atoms. The van der Waals surface area contributed by atoms with Crippen LogP contribution >= 0.6 is 12.4 Å². The maximum Gasteiger partial charge on any atom is 0.222 e. The van der Waals surface area contributed by atoms with Gasteiger partial charge in [-0.1, -0.05) is 12.1 Å². The van der Waals surface area contributed by atoms with E-state index in [2.05, 4.69) is 5.32 Å². The van der Waals surface area contributed by atoms with Gasteiger partial charge in [0.15, 0.2) is 0 Å². The van der Waals surface area contributed by atoms with Crippen molar-refractivity contribution in [2.45, 2.75) is 38.1 Å². The Hall–Kier alpha value is -1.13. The average Bonchev–Trinajstić information content (AvgIpc) is 2.87. The summed E-state index contributed by atoms with van der Waals surface area (Å²) in [4.78, 5) is 14.2. The van der Waals surface area contributed by atoms with Crippen molar-refractivity contribution in [3.8, 4) is 0 Å². The van der Waals surface area contributed by atoms with E-state index >= 15 is 0 Å². The van der Waals surface area contributed by atoms with Crippen LogP contribution in [0.25, 0.3) is 0 Å². The summed E-state index contributed by atoms with van der Waals surface area (Å²) in [6.07, 6.45) is 4.31. The number of rotatable bonds is 6. The molecule has 5 heteroatoms. The van der Waals surface area contributed by atoms with Gasteiger partial charge in [-0.2, -0.15) is 0 Å². The summed E-state index contributed by atoms with van der Waals surface area (Å²) in [5, 5.41) is 3.06. The van der Waals surface area contributed by atoms with Crippen LogP contribution in [0.5, 0.6) is 0 Å². The third-order valence-electron chi connectivity index (χ3n) is 3.88. The summed E-state index contributed by atoms with van der Waals surface area (Å²) < 4.78 is 13.2. The van der Waals surface area contributed by atoms with Gasteiger partial charge in [0.25, 0.3) is 0 Å². The van der Waals surface area contributed by atoms with Crippen LogP contribution in [0.4, 0.5) is 4.39 Å². The number of halogens is 2. The summed E-state index contributed by atoms with van der Waals surface area (Å²) in [6, 6.07) is 6.93. The lowest BCUT2D eigenvalue weighted by Gasteiger charge is -2.25. The molecule has 2 rings (SSSR count). The number of nitrogens with zero attached hydrogens (tertiary/aromatic N) is 1. The third-order valence-corrected chi connectivity index (χ3v) is 3.88. The Morgan fingerprint density at radius 1 is 1.48 bits per heavy atom. The van der Waals surface area contributed by atoms with E-state index in [1.54, 1.807) is 12.1 Å². The molecule has 0 aromatic heterocycles. The van der Waals surface area contributed by atoms with Crippen LogP contribution in [0.15, 0.2) is 24.3 Å². The highest BCUT2D eigenvalue weighted by atomic mass is 35.5. The molecule has 0 radical (unpaired) electrons. The Morgan fingerprint density at radius 2 is 2.29 bits per heavy atom. The minimum absolute atomic E-state index is 0. The van der Waals surface area contributed by atoms with Crippen molar-refractivity contribution in [1.29, 1.82) is 0 Å². The molecule has 1 aromatic carbocycles. The first-order valence-electron chi connectivity index (χ1n) is 7.39. The second-order valence-corrected chi connectivity index (χ2v) is 5.42. The number of benzene rings is 1. The Morgan fingerprint density at radius 3 is 3.00 bits per heavy atom. The molecular weight excluding hydrogens is 291 g/mol. The predicted octanol–water partition coefficient (Wildman–Crippen LogP) is 2.78. The quantitative estimate of drug-likeness (QED) is 0.819. The lowest BCUT2D eigenvalue weighted by atomic mass is 10.0. The van der Waals surface area contributed by atoms with E-state index in [1.807, 2.05) is 18.0 Å². The molecule has 0 spiro atoms. The first kappa shape index (κ1) is 17.9. The highest BCUT2D eigenvalue weighted by Gasteiger charge is 2.28. The van der Waals surface area contributed by atoms with Crippen molar-refractivity contribution in [3.05, 3.63) is 35.6 Å². The normalized spacial score (nSPS) is 17.6. The first-order valence-corrected chi connectivity index (χ1v) is 7.39. The zero-order valence-electron chi connectivity index (χ0n) is 12.5. The van der Waals surface area contributed by atoms with E-state index in [0.717, 1.165) is 44.3 Å². The van der Waals surface area contributed by atoms with Crippen LogP contribution in [-0.2, 0) is 11.2 Å². The molecule has 3 nitrogen and oxygen atoms in total. The molecule has 1 fully saturated rings. The van der Waals surface area contributed by atoms with Gasteiger partial charge in [0.2, 0.25) is 5.91 Å². The van der Waals surface area contributed by atoms with Gasteiger partial charge >= 0.3 is 0 Å². The molecule has 1 atom stereocenters. The maximum absolute atomic E-state index is 13.2. The number of hydrogen-bond acceptors (Lipinski definition) is 2. The molecule has 1 N–H and O–H groups in total. The smallest absolute Gasteiger partial charge is 0.222 e. The van der Waals surface area contributed by atoms with Crippen molar-refractivity contribution in [2.24, 2.45) is 0 Å². The van der Waals surface area contributed by atoms with Gasteiger partial charge in [0.1, 0.15) is 5.82 Å². The van der Waals surface area contributed by atoms with Gasteiger partial charge in [-0.05, 0) is 57.0 Å². The molecule has 1 unspecified atom stereocenters. The Balaban J connectivity index is 0.00000220. The third kappa shape index (κ3) is 5.29. The average molecular weight is 315 g/mol. The number of carbonyl (C=O) groups excluding carboxylic acids is 1. The lowest BCUT2D eigenvalue weighted by Crippen LogP contribution is -2.37. The van der Waals surface area contributed by atoms with Gasteiger partial charge in [0, 0.05) is 19.0 Å². The number of hydrogen-bond donors (Lipinski definition) is 1. The summed E-state index contributed by atoms with van der Waals surface area (Å²) in [5.41, 5.74) is 0.977. The topological polar surface area (TPSA) is 32.3 Å². The predicted molar refractivity (Wildman–Crippen MR) is 85.2 cm³/mol. The molecule has 118 valence electrons. The highest BCUT2D eigenvalue weighted by molar-refractivity contribution is 5.85. The van der Waals surface area contributed by atoms with Crippen molar-refractivity contribution in [3.63, 3.8) is 0 Å². The Kier molecular flexibility index (Phi) is 7.68. The zero-order valence-corrected chi connectivity index (χ0v) is 13.3. The maximum atomic E-state index is 13.2. The number of nitrogens with one attached hydrogen (secondary N) is 1. The van der Waals surface area contributed by atoms with E-state index in [9.17, 15) is 9.18 Å². The van der Waals surface area contributed by atoms with Crippen LogP contribution in [0.2, 0.25) is 0 Å². The van der Waals surface area contributed by atoms with Crippen molar-refractivity contribution in [2.75, 3.05) is 20.1 Å². The van der Waals surface area contributed by atoms with Gasteiger partial charge in [-0.15, -0.1) is 12.4 Å². The highest BCUT2D eigenvalue weighted by Crippen LogP contribution is 2.22. The van der Waals surface area contributed by atoms with Gasteiger partial charge in [-0.3, -0.25) is 4.79 Å². The molecule has 1 aliphatic heterocycles. The molecule has 21 heavy (non-hydrogen) atoms. The molecule has 1 saturated heterocycles. The number of carbonyl (C=O) groups is 1. The molecular formula is C16H24ClFN2O. The van der Waals surface area contributed by atoms with Crippen molar-refractivity contribution < 1.29 is 9.18 Å². The first-order chi connectivity index (χ1) is 9.70. The number of likely N-dealkylation sites (tertiary alicyclic amines) is 1. The van der Waals surface area contributed by atoms with E-state index in [1.165, 1.54) is 6.07 Å². The van der Waals surface area contributed by atoms with Crippen molar-refractivity contribution in [1.82, 2.24) is 10.2 Å². The van der Waals surface area contributed by atoms with Crippen molar-refractivity contribution >= 4 is 18.3 Å². The van der Waals surface area contributed by atoms with Gasteiger partial charge in [-0.25, -0.2) is 4.39 Å². The minimum atomic E-state index is -0.201. The summed E-state index contributed by atoms with van der Waals surface area (Å²) in [6.45, 7) is 1.71. The molecule has 1 aromatic rings. The van der Waals surface area contributed by atoms with Crippen LogP contribution in [0, 0.1) is 5.82 Å². The molecule has 0 saturated carbocycles. The SMILES string of the molecule is CNCCCC(=O)N1CCCC1Cc1cccc(F)c1.Cl. The van der Waals surface area contributed by atoms with Crippen LogP contribution in [-0.4, -0.2) is 37.0 Å². The minimum Gasteiger partial charge on any atom is -0.339 e. The Bertz CT molecular complexity index is 456. The fraction of sp³-hybridized carbons (Fsp3) is 0.562. The summed E-state index contributed by atoms with van der Waals surface area (Å²) >= 11 is 0. The van der Waals surface area contributed by atoms with Gasteiger partial charge in [0.05, 0.1) is 0 Å². The fourth-order valence-electron chi connectivity index (χ4n) is 2.87. The largest absolute Gasteiger partial charge is 0.339 e. The van der Waals surface area contributed by atoms with E-state index in [4.69, 9.17) is 0 Å². The molecule has 1 amide bonds. The fourth-order valence-corrected chi connectivity index (χ4v) is 2.87.